The quantitative estimate of drug-likeness (QED) is 0.452. The van der Waals surface area contributed by atoms with E-state index in [1.165, 1.54) is 12.1 Å². The van der Waals surface area contributed by atoms with E-state index in [4.69, 9.17) is 10.1 Å². The SMILES string of the molecule is Cc1cc(NCc2ccc(F)cc2)n2nc(C)c(-c3ccc4c(c3)c(C)nn4C)c2n1. The Morgan fingerprint density at radius 1 is 0.935 bits per heavy atom. The Hall–Kier alpha value is -3.74. The summed E-state index contributed by atoms with van der Waals surface area (Å²) in [5, 5.41) is 13.9. The van der Waals surface area contributed by atoms with Crippen LogP contribution in [0.3, 0.4) is 0 Å². The van der Waals surface area contributed by atoms with Crippen molar-refractivity contribution in [3.05, 3.63) is 77.0 Å². The minimum Gasteiger partial charge on any atom is -0.366 e. The molecular weight excluding hydrogens is 391 g/mol. The third-order valence-corrected chi connectivity index (χ3v) is 5.60. The van der Waals surface area contributed by atoms with Gasteiger partial charge in [-0.15, -0.1) is 0 Å². The smallest absolute Gasteiger partial charge is 0.165 e. The van der Waals surface area contributed by atoms with Crippen LogP contribution in [0.25, 0.3) is 27.7 Å². The van der Waals surface area contributed by atoms with Crippen LogP contribution < -0.4 is 5.32 Å². The lowest BCUT2D eigenvalue weighted by atomic mass is 10.0. The Labute approximate surface area is 179 Å². The molecule has 0 saturated carbocycles. The van der Waals surface area contributed by atoms with Gasteiger partial charge in [-0.1, -0.05) is 18.2 Å². The Morgan fingerprint density at radius 3 is 2.48 bits per heavy atom. The Bertz CT molecular complexity index is 1430. The monoisotopic (exact) mass is 414 g/mol. The molecule has 0 aliphatic carbocycles. The molecule has 0 aliphatic heterocycles. The van der Waals surface area contributed by atoms with Gasteiger partial charge in [-0.05, 0) is 56.2 Å². The summed E-state index contributed by atoms with van der Waals surface area (Å²) in [5.74, 6) is 0.610. The number of halogens is 1. The average Bonchev–Trinajstić information content (AvgIpc) is 3.22. The minimum absolute atomic E-state index is 0.237. The minimum atomic E-state index is -0.237. The van der Waals surface area contributed by atoms with Gasteiger partial charge < -0.3 is 5.32 Å². The zero-order valence-corrected chi connectivity index (χ0v) is 17.9. The molecule has 0 aliphatic rings. The van der Waals surface area contributed by atoms with Gasteiger partial charge in [0.15, 0.2) is 5.65 Å². The maximum absolute atomic E-state index is 13.2. The summed E-state index contributed by atoms with van der Waals surface area (Å²) in [7, 11) is 1.96. The highest BCUT2D eigenvalue weighted by Crippen LogP contribution is 2.32. The lowest BCUT2D eigenvalue weighted by Crippen LogP contribution is -2.07. The van der Waals surface area contributed by atoms with E-state index in [0.717, 1.165) is 56.1 Å². The molecule has 0 amide bonds. The molecule has 0 unspecified atom stereocenters. The van der Waals surface area contributed by atoms with Gasteiger partial charge in [0.25, 0.3) is 0 Å². The van der Waals surface area contributed by atoms with Gasteiger partial charge >= 0.3 is 0 Å². The number of aromatic nitrogens is 5. The van der Waals surface area contributed by atoms with Crippen LogP contribution in [0.2, 0.25) is 0 Å². The van der Waals surface area contributed by atoms with E-state index in [1.807, 2.05) is 43.1 Å². The first kappa shape index (κ1) is 19.2. The molecule has 3 heterocycles. The van der Waals surface area contributed by atoms with E-state index < -0.39 is 0 Å². The molecule has 156 valence electrons. The molecule has 0 bridgehead atoms. The molecule has 0 radical (unpaired) electrons. The molecule has 2 aromatic carbocycles. The summed E-state index contributed by atoms with van der Waals surface area (Å²) in [6.07, 6.45) is 0. The topological polar surface area (TPSA) is 60.0 Å². The number of rotatable bonds is 4. The summed E-state index contributed by atoms with van der Waals surface area (Å²) in [6, 6.07) is 14.8. The maximum Gasteiger partial charge on any atom is 0.165 e. The van der Waals surface area contributed by atoms with Crippen molar-refractivity contribution in [1.82, 2.24) is 24.4 Å². The second kappa shape index (κ2) is 7.19. The summed E-state index contributed by atoms with van der Waals surface area (Å²) in [5.41, 5.74) is 7.78. The van der Waals surface area contributed by atoms with Crippen LogP contribution >= 0.6 is 0 Å². The van der Waals surface area contributed by atoms with Gasteiger partial charge in [-0.3, -0.25) is 4.68 Å². The fourth-order valence-electron chi connectivity index (χ4n) is 4.10. The molecule has 5 rings (SSSR count). The highest BCUT2D eigenvalue weighted by Gasteiger charge is 2.17. The molecule has 3 aromatic heterocycles. The number of benzene rings is 2. The summed E-state index contributed by atoms with van der Waals surface area (Å²) in [6.45, 7) is 6.57. The van der Waals surface area contributed by atoms with Crippen LogP contribution in [0.1, 0.15) is 22.6 Å². The predicted molar refractivity (Wildman–Crippen MR) is 121 cm³/mol. The van der Waals surface area contributed by atoms with Crippen LogP contribution in [-0.2, 0) is 13.6 Å². The Balaban J connectivity index is 1.59. The second-order valence-electron chi connectivity index (χ2n) is 7.90. The van der Waals surface area contributed by atoms with Gasteiger partial charge in [0.1, 0.15) is 11.6 Å². The number of nitrogens with one attached hydrogen (secondary N) is 1. The zero-order valence-electron chi connectivity index (χ0n) is 17.9. The van der Waals surface area contributed by atoms with Crippen molar-refractivity contribution >= 4 is 22.4 Å². The molecule has 31 heavy (non-hydrogen) atoms. The van der Waals surface area contributed by atoms with Gasteiger partial charge in [0.2, 0.25) is 0 Å². The number of hydrogen-bond acceptors (Lipinski definition) is 4. The van der Waals surface area contributed by atoms with Crippen molar-refractivity contribution in [3.63, 3.8) is 0 Å². The molecule has 0 spiro atoms. The van der Waals surface area contributed by atoms with Crippen LogP contribution in [0.4, 0.5) is 10.2 Å². The fraction of sp³-hybridized carbons (Fsp3) is 0.208. The van der Waals surface area contributed by atoms with Crippen LogP contribution in [0.15, 0.2) is 48.5 Å². The number of aryl methyl sites for hydroxylation is 4. The van der Waals surface area contributed by atoms with Crippen molar-refractivity contribution in [3.8, 4) is 11.1 Å². The van der Waals surface area contributed by atoms with Crippen LogP contribution in [0, 0.1) is 26.6 Å². The molecular formula is C24H23FN6. The normalized spacial score (nSPS) is 11.5. The first-order valence-electron chi connectivity index (χ1n) is 10.2. The highest BCUT2D eigenvalue weighted by atomic mass is 19.1. The van der Waals surface area contributed by atoms with E-state index >= 15 is 0 Å². The van der Waals surface area contributed by atoms with E-state index in [-0.39, 0.29) is 5.82 Å². The number of anilines is 1. The Kier molecular flexibility index (Phi) is 4.46. The zero-order chi connectivity index (χ0) is 21.7. The van der Waals surface area contributed by atoms with Crippen molar-refractivity contribution in [1.29, 1.82) is 0 Å². The molecule has 0 fully saturated rings. The third kappa shape index (κ3) is 3.32. The predicted octanol–water partition coefficient (Wildman–Crippen LogP) is 4.96. The van der Waals surface area contributed by atoms with Crippen LogP contribution in [-0.4, -0.2) is 24.4 Å². The van der Waals surface area contributed by atoms with E-state index in [0.29, 0.717) is 6.54 Å². The maximum atomic E-state index is 13.2. The third-order valence-electron chi connectivity index (χ3n) is 5.60. The molecule has 0 saturated heterocycles. The lowest BCUT2D eigenvalue weighted by molar-refractivity contribution is 0.627. The van der Waals surface area contributed by atoms with Crippen molar-refractivity contribution < 1.29 is 4.39 Å². The molecule has 5 aromatic rings. The van der Waals surface area contributed by atoms with Gasteiger partial charge in [0, 0.05) is 36.3 Å². The molecule has 0 atom stereocenters. The average molecular weight is 414 g/mol. The van der Waals surface area contributed by atoms with E-state index in [2.05, 4.69) is 28.6 Å². The largest absolute Gasteiger partial charge is 0.366 e. The molecule has 1 N–H and O–H groups in total. The highest BCUT2D eigenvalue weighted by molar-refractivity contribution is 5.90. The number of nitrogens with zero attached hydrogens (tertiary/aromatic N) is 5. The van der Waals surface area contributed by atoms with Gasteiger partial charge in [0.05, 0.1) is 16.9 Å². The Morgan fingerprint density at radius 2 is 1.71 bits per heavy atom. The van der Waals surface area contributed by atoms with Crippen molar-refractivity contribution in [2.75, 3.05) is 5.32 Å². The summed E-state index contributed by atoms with van der Waals surface area (Å²) < 4.78 is 16.9. The standard InChI is InChI=1S/C24H23FN6/c1-14-11-22(26-13-17-5-8-19(25)9-6-17)31-24(27-14)23(16(3)29-31)18-7-10-21-20(12-18)15(2)28-30(21)4/h5-12,26H,13H2,1-4H3. The summed E-state index contributed by atoms with van der Waals surface area (Å²) in [4.78, 5) is 4.80. The van der Waals surface area contributed by atoms with Crippen LogP contribution in [0.5, 0.6) is 0 Å². The lowest BCUT2D eigenvalue weighted by Gasteiger charge is -2.10. The second-order valence-corrected chi connectivity index (χ2v) is 7.90. The van der Waals surface area contributed by atoms with E-state index in [1.54, 1.807) is 12.1 Å². The fourth-order valence-corrected chi connectivity index (χ4v) is 4.10. The van der Waals surface area contributed by atoms with E-state index in [9.17, 15) is 4.39 Å². The van der Waals surface area contributed by atoms with Crippen molar-refractivity contribution in [2.45, 2.75) is 27.3 Å². The first-order chi connectivity index (χ1) is 14.9. The summed E-state index contributed by atoms with van der Waals surface area (Å²) >= 11 is 0. The first-order valence-corrected chi connectivity index (χ1v) is 10.2. The molecule has 6 nitrogen and oxygen atoms in total. The van der Waals surface area contributed by atoms with Gasteiger partial charge in [-0.2, -0.15) is 14.7 Å². The number of hydrogen-bond donors (Lipinski definition) is 1. The number of fused-ring (bicyclic) bond motifs is 2. The molecule has 7 heteroatoms. The van der Waals surface area contributed by atoms with Gasteiger partial charge in [-0.25, -0.2) is 9.37 Å². The van der Waals surface area contributed by atoms with Crippen molar-refractivity contribution in [2.24, 2.45) is 7.05 Å².